The molecular weight excluding hydrogens is 272 g/mol. The second-order valence-corrected chi connectivity index (χ2v) is 4.65. The lowest BCUT2D eigenvalue weighted by Crippen LogP contribution is -2.30. The summed E-state index contributed by atoms with van der Waals surface area (Å²) in [6.07, 6.45) is 1.67. The smallest absolute Gasteiger partial charge is 0.264 e. The molecule has 4 heteroatoms. The predicted octanol–water partition coefficient (Wildman–Crippen LogP) is 2.32. The van der Waals surface area contributed by atoms with E-state index in [9.17, 15) is 4.79 Å². The Morgan fingerprint density at radius 1 is 1.00 bits per heavy atom. The highest BCUT2D eigenvalue weighted by molar-refractivity contribution is 6.30. The average molecular weight is 281 g/mol. The Bertz CT molecular complexity index is 877. The van der Waals surface area contributed by atoms with Crippen molar-refractivity contribution in [3.05, 3.63) is 81.3 Å². The van der Waals surface area contributed by atoms with Crippen molar-refractivity contribution in [2.45, 2.75) is 0 Å². The number of hydrogen-bond donors (Lipinski definition) is 0. The van der Waals surface area contributed by atoms with Gasteiger partial charge >= 0.3 is 5.91 Å². The molecule has 1 amide bonds. The molecule has 1 aliphatic rings. The molecule has 3 nitrogen and oxygen atoms in total. The van der Waals surface area contributed by atoms with Gasteiger partial charge in [0.25, 0.3) is 0 Å². The van der Waals surface area contributed by atoms with Crippen LogP contribution in [0.1, 0.15) is 5.56 Å². The maximum Gasteiger partial charge on any atom is 0.304 e. The van der Waals surface area contributed by atoms with E-state index >= 15 is 0 Å². The summed E-state index contributed by atoms with van der Waals surface area (Å²) in [5.74, 6) is -0.387. The van der Waals surface area contributed by atoms with Gasteiger partial charge in [0, 0.05) is 5.02 Å². The minimum absolute atomic E-state index is 0.198. The number of nitrogens with zero attached hydrogens (tertiary/aromatic N) is 2. The summed E-state index contributed by atoms with van der Waals surface area (Å²) >= 11 is 5.90. The van der Waals surface area contributed by atoms with Gasteiger partial charge in [-0.2, -0.15) is 0 Å². The molecule has 20 heavy (non-hydrogen) atoms. The summed E-state index contributed by atoms with van der Waals surface area (Å²) in [5.41, 5.74) is 3.93. The standard InChI is InChI=1S/C16H9ClN2O/c17-12-5-3-4-11(10-12)8-9-15-16(20)19-14-7-2-1-6-13(14)18-15/h1-8,10H. The van der Waals surface area contributed by atoms with Crippen LogP contribution in [0.4, 0.5) is 0 Å². The van der Waals surface area contributed by atoms with Gasteiger partial charge in [-0.25, -0.2) is 9.98 Å². The van der Waals surface area contributed by atoms with Gasteiger partial charge in [-0.1, -0.05) is 41.6 Å². The van der Waals surface area contributed by atoms with E-state index in [0.29, 0.717) is 15.7 Å². The highest BCUT2D eigenvalue weighted by Gasteiger charge is 2.10. The second kappa shape index (κ2) is 5.25. The molecule has 1 heterocycles. The molecule has 0 bridgehead atoms. The first kappa shape index (κ1) is 12.5. The van der Waals surface area contributed by atoms with Crippen LogP contribution in [-0.2, 0) is 4.79 Å². The topological polar surface area (TPSA) is 41.8 Å². The van der Waals surface area contributed by atoms with E-state index in [1.165, 1.54) is 0 Å². The SMILES string of the molecule is O=C1N=c2ccccc2=NC1=C=Cc1cccc(Cl)c1. The highest BCUT2D eigenvalue weighted by atomic mass is 35.5. The molecule has 0 aliphatic carbocycles. The lowest BCUT2D eigenvalue weighted by molar-refractivity contribution is -0.114. The Labute approximate surface area is 120 Å². The Kier molecular flexibility index (Phi) is 3.30. The van der Waals surface area contributed by atoms with Crippen LogP contribution < -0.4 is 10.7 Å². The predicted molar refractivity (Wildman–Crippen MR) is 76.7 cm³/mol. The molecule has 0 N–H and O–H groups in total. The minimum atomic E-state index is -0.387. The number of rotatable bonds is 1. The number of amides is 1. The number of carbonyl (C=O) groups excluding carboxylic acids is 1. The summed E-state index contributed by atoms with van der Waals surface area (Å²) in [6, 6.07) is 14.5. The van der Waals surface area contributed by atoms with Gasteiger partial charge in [0.1, 0.15) is 0 Å². The highest BCUT2D eigenvalue weighted by Crippen LogP contribution is 2.12. The molecule has 0 radical (unpaired) electrons. The van der Waals surface area contributed by atoms with Gasteiger partial charge in [0.15, 0.2) is 5.70 Å². The van der Waals surface area contributed by atoms with Crippen LogP contribution in [0.2, 0.25) is 5.02 Å². The fraction of sp³-hybridized carbons (Fsp3) is 0. The summed E-state index contributed by atoms with van der Waals surface area (Å²) in [5, 5.41) is 1.90. The maximum absolute atomic E-state index is 11.8. The zero-order valence-electron chi connectivity index (χ0n) is 10.4. The Morgan fingerprint density at radius 3 is 2.50 bits per heavy atom. The number of halogens is 1. The monoisotopic (exact) mass is 280 g/mol. The van der Waals surface area contributed by atoms with Gasteiger partial charge in [-0.05, 0) is 35.9 Å². The van der Waals surface area contributed by atoms with E-state index in [4.69, 9.17) is 11.6 Å². The molecule has 0 saturated heterocycles. The number of fused-ring (bicyclic) bond motifs is 1. The molecule has 0 aromatic heterocycles. The molecule has 2 aromatic carbocycles. The van der Waals surface area contributed by atoms with Gasteiger partial charge in [0.05, 0.1) is 10.7 Å². The van der Waals surface area contributed by atoms with Crippen molar-refractivity contribution in [2.24, 2.45) is 9.98 Å². The summed E-state index contributed by atoms with van der Waals surface area (Å²) in [7, 11) is 0. The molecular formula is C16H9ClN2O. The molecule has 0 unspecified atom stereocenters. The average Bonchev–Trinajstić information content (AvgIpc) is 2.45. The minimum Gasteiger partial charge on any atom is -0.264 e. The van der Waals surface area contributed by atoms with E-state index in [-0.39, 0.29) is 11.6 Å². The van der Waals surface area contributed by atoms with Gasteiger partial charge in [0.2, 0.25) is 0 Å². The Balaban J connectivity index is 2.09. The third kappa shape index (κ3) is 2.59. The number of para-hydroxylation sites is 2. The van der Waals surface area contributed by atoms with E-state index in [1.807, 2.05) is 30.3 Å². The van der Waals surface area contributed by atoms with Gasteiger partial charge < -0.3 is 0 Å². The van der Waals surface area contributed by atoms with Crippen LogP contribution in [0.3, 0.4) is 0 Å². The third-order valence-electron chi connectivity index (χ3n) is 2.76. The van der Waals surface area contributed by atoms with Crippen molar-refractivity contribution < 1.29 is 4.79 Å². The number of benzene rings is 2. The molecule has 96 valence electrons. The zero-order valence-corrected chi connectivity index (χ0v) is 11.1. The Hall–Kier alpha value is -2.48. The molecule has 2 aromatic rings. The van der Waals surface area contributed by atoms with Crippen LogP contribution in [0.25, 0.3) is 6.08 Å². The van der Waals surface area contributed by atoms with Gasteiger partial charge in [-0.15, -0.1) is 0 Å². The zero-order chi connectivity index (χ0) is 13.9. The Morgan fingerprint density at radius 2 is 1.75 bits per heavy atom. The van der Waals surface area contributed by atoms with Crippen molar-refractivity contribution in [3.8, 4) is 0 Å². The molecule has 0 saturated carbocycles. The molecule has 0 spiro atoms. The fourth-order valence-electron chi connectivity index (χ4n) is 1.83. The first-order valence-corrected chi connectivity index (χ1v) is 6.39. The fourth-order valence-corrected chi connectivity index (χ4v) is 2.02. The quantitative estimate of drug-likeness (QED) is 0.584. The van der Waals surface area contributed by atoms with E-state index in [2.05, 4.69) is 15.7 Å². The van der Waals surface area contributed by atoms with E-state index in [0.717, 1.165) is 5.56 Å². The molecule has 0 atom stereocenters. The third-order valence-corrected chi connectivity index (χ3v) is 3.00. The lowest BCUT2D eigenvalue weighted by Gasteiger charge is -1.99. The molecule has 0 fully saturated rings. The first-order valence-electron chi connectivity index (χ1n) is 6.01. The normalized spacial score (nSPS) is 12.8. The maximum atomic E-state index is 11.8. The first-order chi connectivity index (χ1) is 9.72. The van der Waals surface area contributed by atoms with Crippen LogP contribution in [0.15, 0.2) is 69.9 Å². The van der Waals surface area contributed by atoms with Crippen molar-refractivity contribution in [1.29, 1.82) is 0 Å². The summed E-state index contributed by atoms with van der Waals surface area (Å²) in [6.45, 7) is 0. The van der Waals surface area contributed by atoms with Crippen LogP contribution in [0, 0.1) is 0 Å². The molecule has 1 aliphatic heterocycles. The number of carbonyl (C=O) groups is 1. The number of hydrogen-bond acceptors (Lipinski definition) is 2. The van der Waals surface area contributed by atoms with E-state index in [1.54, 1.807) is 24.3 Å². The van der Waals surface area contributed by atoms with Crippen LogP contribution in [0.5, 0.6) is 0 Å². The van der Waals surface area contributed by atoms with Crippen LogP contribution >= 0.6 is 11.6 Å². The van der Waals surface area contributed by atoms with Crippen molar-refractivity contribution in [2.75, 3.05) is 0 Å². The lowest BCUT2D eigenvalue weighted by atomic mass is 10.2. The van der Waals surface area contributed by atoms with Gasteiger partial charge in [-0.3, -0.25) is 4.79 Å². The second-order valence-electron chi connectivity index (χ2n) is 4.21. The van der Waals surface area contributed by atoms with E-state index < -0.39 is 0 Å². The van der Waals surface area contributed by atoms with Crippen molar-refractivity contribution in [1.82, 2.24) is 0 Å². The largest absolute Gasteiger partial charge is 0.304 e. The van der Waals surface area contributed by atoms with Crippen molar-refractivity contribution >= 4 is 23.6 Å². The summed E-state index contributed by atoms with van der Waals surface area (Å²) in [4.78, 5) is 20.1. The molecule has 3 rings (SSSR count). The summed E-state index contributed by atoms with van der Waals surface area (Å²) < 4.78 is 0. The van der Waals surface area contributed by atoms with Crippen molar-refractivity contribution in [3.63, 3.8) is 0 Å². The van der Waals surface area contributed by atoms with Crippen LogP contribution in [-0.4, -0.2) is 5.91 Å².